The van der Waals surface area contributed by atoms with Gasteiger partial charge in [0, 0.05) is 41.9 Å². The lowest BCUT2D eigenvalue weighted by Crippen LogP contribution is -2.36. The van der Waals surface area contributed by atoms with Crippen molar-refractivity contribution in [2.45, 2.75) is 6.43 Å². The average Bonchev–Trinajstić information content (AvgIpc) is 3.48. The number of carbonyl (C=O) groups is 1. The summed E-state index contributed by atoms with van der Waals surface area (Å²) in [6.45, 7) is 3.10. The fourth-order valence-corrected chi connectivity index (χ4v) is 4.49. The molecular weight excluding hydrogens is 438 g/mol. The van der Waals surface area contributed by atoms with Gasteiger partial charge in [-0.05, 0) is 18.2 Å². The van der Waals surface area contributed by atoms with Crippen molar-refractivity contribution in [3.63, 3.8) is 0 Å². The zero-order chi connectivity index (χ0) is 22.1. The number of carbonyl (C=O) groups excluding carboxylic acids is 1. The number of anilines is 1. The highest BCUT2D eigenvalue weighted by atomic mass is 32.2. The molecule has 2 aromatic heterocycles. The number of amidine groups is 1. The maximum Gasteiger partial charge on any atom is 0.264 e. The molecule has 2 aliphatic rings. The first kappa shape index (κ1) is 20.8. The van der Waals surface area contributed by atoms with E-state index in [1.54, 1.807) is 12.1 Å². The molecule has 0 saturated carbocycles. The number of aromatic amines is 1. The van der Waals surface area contributed by atoms with Crippen molar-refractivity contribution < 1.29 is 18.3 Å². The van der Waals surface area contributed by atoms with Crippen molar-refractivity contribution in [2.24, 2.45) is 4.99 Å². The predicted molar refractivity (Wildman–Crippen MR) is 120 cm³/mol. The summed E-state index contributed by atoms with van der Waals surface area (Å²) in [4.78, 5) is 30.6. The van der Waals surface area contributed by atoms with Gasteiger partial charge in [-0.2, -0.15) is 0 Å². The van der Waals surface area contributed by atoms with Crippen LogP contribution in [0.1, 0.15) is 22.3 Å². The van der Waals surface area contributed by atoms with Crippen molar-refractivity contribution >= 4 is 39.6 Å². The first-order valence-electron chi connectivity index (χ1n) is 10.2. The molecule has 1 fully saturated rings. The normalized spacial score (nSPS) is 16.6. The van der Waals surface area contributed by atoms with Gasteiger partial charge in [0.05, 0.1) is 37.0 Å². The summed E-state index contributed by atoms with van der Waals surface area (Å²) < 4.78 is 33.3. The number of aliphatic imine (C=N–C) groups is 1. The Hall–Kier alpha value is -3.05. The summed E-state index contributed by atoms with van der Waals surface area (Å²) in [6, 6.07) is 4.95. The van der Waals surface area contributed by atoms with Gasteiger partial charge < -0.3 is 19.9 Å². The standard InChI is InChI=1S/C21H20F2N6O2S/c22-18(23)14-9-12(29-4-6-31-7-5-29)1-2-13(14)19-26-16-11-24-10-15(17(16)27-19)20(30)28-21-25-3-8-32-21/h1-2,9-11,18H,3-8H2,(H,26,27)(H,25,28,30). The molecule has 2 aliphatic heterocycles. The van der Waals surface area contributed by atoms with E-state index in [9.17, 15) is 13.6 Å². The number of ether oxygens (including phenoxy) is 1. The van der Waals surface area contributed by atoms with E-state index in [2.05, 4.69) is 25.3 Å². The number of nitrogens with one attached hydrogen (secondary N) is 2. The molecule has 2 N–H and O–H groups in total. The van der Waals surface area contributed by atoms with Crippen LogP contribution in [0.4, 0.5) is 14.5 Å². The van der Waals surface area contributed by atoms with Crippen LogP contribution in [0.5, 0.6) is 0 Å². The fraction of sp³-hybridized carbons (Fsp3) is 0.333. The Morgan fingerprint density at radius 3 is 2.84 bits per heavy atom. The van der Waals surface area contributed by atoms with Gasteiger partial charge in [0.25, 0.3) is 12.3 Å². The summed E-state index contributed by atoms with van der Waals surface area (Å²) in [7, 11) is 0. The van der Waals surface area contributed by atoms with E-state index in [4.69, 9.17) is 4.74 Å². The second kappa shape index (κ2) is 8.83. The smallest absolute Gasteiger partial charge is 0.264 e. The number of nitrogens with zero attached hydrogens (tertiary/aromatic N) is 4. The number of thioether (sulfide) groups is 1. The highest BCUT2D eigenvalue weighted by molar-refractivity contribution is 8.14. The lowest BCUT2D eigenvalue weighted by molar-refractivity contribution is 0.0979. The van der Waals surface area contributed by atoms with E-state index >= 15 is 0 Å². The number of imidazole rings is 1. The van der Waals surface area contributed by atoms with Gasteiger partial charge in [0.15, 0.2) is 5.17 Å². The van der Waals surface area contributed by atoms with Crippen LogP contribution in [0, 0.1) is 0 Å². The highest BCUT2D eigenvalue weighted by Gasteiger charge is 2.22. The maximum absolute atomic E-state index is 14.0. The number of H-pyrrole nitrogens is 1. The van der Waals surface area contributed by atoms with Crippen LogP contribution in [0.15, 0.2) is 35.6 Å². The number of pyridine rings is 1. The molecule has 1 saturated heterocycles. The van der Waals surface area contributed by atoms with E-state index in [0.717, 1.165) is 11.4 Å². The molecular formula is C21H20F2N6O2S. The third-order valence-corrected chi connectivity index (χ3v) is 6.24. The molecule has 3 aromatic rings. The lowest BCUT2D eigenvalue weighted by atomic mass is 10.1. The molecule has 8 nitrogen and oxygen atoms in total. The lowest BCUT2D eigenvalue weighted by Gasteiger charge is -2.29. The number of hydrogen-bond acceptors (Lipinski definition) is 7. The molecule has 1 amide bonds. The fourth-order valence-electron chi connectivity index (χ4n) is 3.77. The SMILES string of the molecule is O=C(NC1=NCCS1)c1cncc2[nH]c(-c3ccc(N4CCOCC4)cc3C(F)F)nc12. The van der Waals surface area contributed by atoms with Gasteiger partial charge in [-0.25, -0.2) is 13.8 Å². The summed E-state index contributed by atoms with van der Waals surface area (Å²) in [5, 5.41) is 3.31. The van der Waals surface area contributed by atoms with Gasteiger partial charge in [-0.3, -0.25) is 14.8 Å². The molecule has 0 radical (unpaired) electrons. The first-order chi connectivity index (χ1) is 15.6. The Kier molecular flexibility index (Phi) is 5.75. The van der Waals surface area contributed by atoms with Crippen LogP contribution < -0.4 is 10.2 Å². The number of amides is 1. The number of rotatable bonds is 4. The van der Waals surface area contributed by atoms with Crippen molar-refractivity contribution in [2.75, 3.05) is 43.5 Å². The van der Waals surface area contributed by atoms with E-state index in [0.29, 0.717) is 49.0 Å². The Bertz CT molecular complexity index is 1190. The molecule has 0 spiro atoms. The third-order valence-electron chi connectivity index (χ3n) is 5.35. The zero-order valence-electron chi connectivity index (χ0n) is 17.0. The van der Waals surface area contributed by atoms with Gasteiger partial charge in [-0.1, -0.05) is 11.8 Å². The third kappa shape index (κ3) is 4.05. The van der Waals surface area contributed by atoms with Crippen molar-refractivity contribution in [1.82, 2.24) is 20.3 Å². The number of fused-ring (bicyclic) bond motifs is 1. The number of halogens is 2. The minimum absolute atomic E-state index is 0.122. The summed E-state index contributed by atoms with van der Waals surface area (Å²) in [6.07, 6.45) is 0.254. The monoisotopic (exact) mass is 458 g/mol. The number of alkyl halides is 2. The molecule has 5 rings (SSSR count). The summed E-state index contributed by atoms with van der Waals surface area (Å²) in [5.74, 6) is 0.700. The number of hydrogen-bond donors (Lipinski definition) is 2. The van der Waals surface area contributed by atoms with Crippen molar-refractivity contribution in [3.05, 3.63) is 41.7 Å². The van der Waals surface area contributed by atoms with Gasteiger partial charge in [0.2, 0.25) is 0 Å². The van der Waals surface area contributed by atoms with Crippen molar-refractivity contribution in [3.8, 4) is 11.4 Å². The molecule has 0 unspecified atom stereocenters. The largest absolute Gasteiger partial charge is 0.378 e. The van der Waals surface area contributed by atoms with E-state index in [-0.39, 0.29) is 28.4 Å². The van der Waals surface area contributed by atoms with E-state index in [1.165, 1.54) is 30.2 Å². The Morgan fingerprint density at radius 1 is 1.25 bits per heavy atom. The highest BCUT2D eigenvalue weighted by Crippen LogP contribution is 2.34. The number of morpholine rings is 1. The zero-order valence-corrected chi connectivity index (χ0v) is 17.8. The van der Waals surface area contributed by atoms with Crippen LogP contribution in [0.25, 0.3) is 22.4 Å². The molecule has 166 valence electrons. The topological polar surface area (TPSA) is 95.5 Å². The minimum Gasteiger partial charge on any atom is -0.378 e. The van der Waals surface area contributed by atoms with Gasteiger partial charge in [-0.15, -0.1) is 0 Å². The van der Waals surface area contributed by atoms with Crippen LogP contribution in [-0.2, 0) is 4.74 Å². The Morgan fingerprint density at radius 2 is 2.09 bits per heavy atom. The predicted octanol–water partition coefficient (Wildman–Crippen LogP) is 3.23. The molecule has 0 bridgehead atoms. The molecule has 32 heavy (non-hydrogen) atoms. The minimum atomic E-state index is -2.68. The van der Waals surface area contributed by atoms with E-state index in [1.807, 2.05) is 4.90 Å². The van der Waals surface area contributed by atoms with Crippen LogP contribution >= 0.6 is 11.8 Å². The van der Waals surface area contributed by atoms with Crippen LogP contribution in [0.2, 0.25) is 0 Å². The Balaban J connectivity index is 1.51. The molecule has 11 heteroatoms. The van der Waals surface area contributed by atoms with Gasteiger partial charge in [0.1, 0.15) is 11.3 Å². The number of benzene rings is 1. The van der Waals surface area contributed by atoms with Crippen LogP contribution in [-0.4, -0.2) is 64.6 Å². The average molecular weight is 458 g/mol. The first-order valence-corrected chi connectivity index (χ1v) is 11.2. The molecule has 0 atom stereocenters. The Labute approximate surface area is 186 Å². The number of aromatic nitrogens is 3. The maximum atomic E-state index is 14.0. The second-order valence-electron chi connectivity index (χ2n) is 7.33. The van der Waals surface area contributed by atoms with E-state index < -0.39 is 6.43 Å². The second-order valence-corrected chi connectivity index (χ2v) is 8.41. The quantitative estimate of drug-likeness (QED) is 0.623. The molecule has 4 heterocycles. The van der Waals surface area contributed by atoms with Crippen LogP contribution in [0.3, 0.4) is 0 Å². The summed E-state index contributed by atoms with van der Waals surface area (Å²) in [5.41, 5.74) is 2.00. The summed E-state index contributed by atoms with van der Waals surface area (Å²) >= 11 is 1.47. The van der Waals surface area contributed by atoms with Gasteiger partial charge >= 0.3 is 0 Å². The van der Waals surface area contributed by atoms with Crippen molar-refractivity contribution in [1.29, 1.82) is 0 Å². The molecule has 1 aromatic carbocycles. The molecule has 0 aliphatic carbocycles.